The lowest BCUT2D eigenvalue weighted by Crippen LogP contribution is -2.26. The highest BCUT2D eigenvalue weighted by Gasteiger charge is 2.12. The number of aryl methyl sites for hydroxylation is 3. The van der Waals surface area contributed by atoms with Gasteiger partial charge >= 0.3 is 0 Å². The van der Waals surface area contributed by atoms with Crippen LogP contribution in [0.4, 0.5) is 5.69 Å². The van der Waals surface area contributed by atoms with E-state index in [2.05, 4.69) is 78.4 Å². The van der Waals surface area contributed by atoms with Crippen molar-refractivity contribution in [2.24, 2.45) is 0 Å². The van der Waals surface area contributed by atoms with Crippen LogP contribution in [-0.4, -0.2) is 23.0 Å². The Morgan fingerprint density at radius 1 is 0.879 bits per heavy atom. The standard InChI is InChI=1S/C29H32ClN3/c1-21-16-22(2)27(23(3)17-21)20-33(19-24-8-5-4-6-9-24)15-7-13-31-28-12-14-32-29-18-25(30)10-11-26(28)29/h4-6,8-12,14,16-18H,7,13,15,19-20H2,1-3H3,(H,31,32). The van der Waals surface area contributed by atoms with Crippen molar-refractivity contribution in [2.75, 3.05) is 18.4 Å². The van der Waals surface area contributed by atoms with E-state index in [4.69, 9.17) is 11.6 Å². The summed E-state index contributed by atoms with van der Waals surface area (Å²) in [4.78, 5) is 7.00. The number of benzene rings is 3. The molecule has 4 aromatic rings. The third-order valence-corrected chi connectivity index (χ3v) is 6.38. The smallest absolute Gasteiger partial charge is 0.0737 e. The van der Waals surface area contributed by atoms with Crippen LogP contribution in [0.1, 0.15) is 34.2 Å². The van der Waals surface area contributed by atoms with Crippen LogP contribution in [0.25, 0.3) is 10.9 Å². The van der Waals surface area contributed by atoms with Gasteiger partial charge < -0.3 is 5.32 Å². The summed E-state index contributed by atoms with van der Waals surface area (Å²) in [6.45, 7) is 10.5. The topological polar surface area (TPSA) is 28.2 Å². The summed E-state index contributed by atoms with van der Waals surface area (Å²) >= 11 is 6.13. The first-order valence-corrected chi connectivity index (χ1v) is 12.0. The van der Waals surface area contributed by atoms with Gasteiger partial charge in [-0.2, -0.15) is 0 Å². The molecule has 0 aliphatic carbocycles. The van der Waals surface area contributed by atoms with E-state index in [1.165, 1.54) is 27.8 Å². The molecule has 4 rings (SSSR count). The molecule has 0 fully saturated rings. The van der Waals surface area contributed by atoms with Crippen LogP contribution >= 0.6 is 11.6 Å². The largest absolute Gasteiger partial charge is 0.384 e. The zero-order chi connectivity index (χ0) is 23.2. The van der Waals surface area contributed by atoms with Crippen LogP contribution < -0.4 is 5.32 Å². The fourth-order valence-electron chi connectivity index (χ4n) is 4.54. The first kappa shape index (κ1) is 23.3. The molecule has 0 atom stereocenters. The second-order valence-electron chi connectivity index (χ2n) is 8.87. The van der Waals surface area contributed by atoms with Crippen LogP contribution in [0, 0.1) is 20.8 Å². The van der Waals surface area contributed by atoms with Crippen molar-refractivity contribution in [3.63, 3.8) is 0 Å². The second-order valence-corrected chi connectivity index (χ2v) is 9.31. The predicted molar refractivity (Wildman–Crippen MR) is 141 cm³/mol. The minimum Gasteiger partial charge on any atom is -0.384 e. The molecule has 33 heavy (non-hydrogen) atoms. The molecule has 0 radical (unpaired) electrons. The third kappa shape index (κ3) is 6.13. The van der Waals surface area contributed by atoms with E-state index in [9.17, 15) is 0 Å². The van der Waals surface area contributed by atoms with Crippen LogP contribution in [-0.2, 0) is 13.1 Å². The summed E-state index contributed by atoms with van der Waals surface area (Å²) in [5, 5.41) is 5.43. The number of aromatic nitrogens is 1. The van der Waals surface area contributed by atoms with Gasteiger partial charge in [-0.3, -0.25) is 9.88 Å². The monoisotopic (exact) mass is 457 g/mol. The molecule has 1 heterocycles. The summed E-state index contributed by atoms with van der Waals surface area (Å²) in [5.41, 5.74) is 8.92. The lowest BCUT2D eigenvalue weighted by Gasteiger charge is -2.25. The zero-order valence-electron chi connectivity index (χ0n) is 19.7. The van der Waals surface area contributed by atoms with E-state index >= 15 is 0 Å². The Labute approximate surface area is 202 Å². The van der Waals surface area contributed by atoms with Crippen molar-refractivity contribution in [1.82, 2.24) is 9.88 Å². The Bertz CT molecular complexity index is 1200. The van der Waals surface area contributed by atoms with Crippen LogP contribution in [0.2, 0.25) is 5.02 Å². The molecule has 3 nitrogen and oxygen atoms in total. The third-order valence-electron chi connectivity index (χ3n) is 6.14. The van der Waals surface area contributed by atoms with Crippen molar-refractivity contribution in [3.05, 3.63) is 106 Å². The number of nitrogens with one attached hydrogen (secondary N) is 1. The average molecular weight is 458 g/mol. The summed E-state index contributed by atoms with van der Waals surface area (Å²) in [5.74, 6) is 0. The minimum absolute atomic E-state index is 0.713. The number of hydrogen-bond donors (Lipinski definition) is 1. The maximum absolute atomic E-state index is 6.13. The Balaban J connectivity index is 1.43. The molecule has 0 aliphatic rings. The molecule has 170 valence electrons. The van der Waals surface area contributed by atoms with Gasteiger partial charge in [-0.15, -0.1) is 0 Å². The fraction of sp³-hybridized carbons (Fsp3) is 0.276. The molecule has 0 aliphatic heterocycles. The van der Waals surface area contributed by atoms with Crippen LogP contribution in [0.5, 0.6) is 0 Å². The molecule has 1 aromatic heterocycles. The molecule has 0 bridgehead atoms. The van der Waals surface area contributed by atoms with Gasteiger partial charge in [0, 0.05) is 48.5 Å². The highest BCUT2D eigenvalue weighted by Crippen LogP contribution is 2.24. The average Bonchev–Trinajstić information content (AvgIpc) is 2.79. The zero-order valence-corrected chi connectivity index (χ0v) is 20.5. The lowest BCUT2D eigenvalue weighted by atomic mass is 9.99. The maximum atomic E-state index is 6.13. The Morgan fingerprint density at radius 3 is 2.39 bits per heavy atom. The van der Waals surface area contributed by atoms with Gasteiger partial charge in [0.1, 0.15) is 0 Å². The fourth-order valence-corrected chi connectivity index (χ4v) is 4.71. The van der Waals surface area contributed by atoms with E-state index in [-0.39, 0.29) is 0 Å². The molecular formula is C29H32ClN3. The number of hydrogen-bond acceptors (Lipinski definition) is 3. The Morgan fingerprint density at radius 2 is 1.64 bits per heavy atom. The van der Waals surface area contributed by atoms with Gasteiger partial charge in [0.25, 0.3) is 0 Å². The van der Waals surface area contributed by atoms with Gasteiger partial charge in [0.15, 0.2) is 0 Å². The highest BCUT2D eigenvalue weighted by molar-refractivity contribution is 6.31. The molecule has 0 spiro atoms. The number of rotatable bonds is 9. The molecule has 0 amide bonds. The molecular weight excluding hydrogens is 426 g/mol. The van der Waals surface area contributed by atoms with Gasteiger partial charge in [-0.1, -0.05) is 59.6 Å². The van der Waals surface area contributed by atoms with E-state index in [0.29, 0.717) is 5.02 Å². The van der Waals surface area contributed by atoms with Crippen molar-refractivity contribution < 1.29 is 0 Å². The van der Waals surface area contributed by atoms with Gasteiger partial charge in [-0.05, 0) is 73.7 Å². The number of anilines is 1. The summed E-state index contributed by atoms with van der Waals surface area (Å²) in [7, 11) is 0. The van der Waals surface area contributed by atoms with Gasteiger partial charge in [0.05, 0.1) is 5.52 Å². The number of fused-ring (bicyclic) bond motifs is 1. The van der Waals surface area contributed by atoms with Crippen LogP contribution in [0.3, 0.4) is 0 Å². The quantitative estimate of drug-likeness (QED) is 0.267. The SMILES string of the molecule is Cc1cc(C)c(CN(CCCNc2ccnc3cc(Cl)ccc23)Cc2ccccc2)c(C)c1. The maximum Gasteiger partial charge on any atom is 0.0737 e. The molecule has 0 saturated heterocycles. The van der Waals surface area contributed by atoms with Gasteiger partial charge in [0.2, 0.25) is 0 Å². The van der Waals surface area contributed by atoms with Crippen molar-refractivity contribution >= 4 is 28.2 Å². The highest BCUT2D eigenvalue weighted by atomic mass is 35.5. The summed E-state index contributed by atoms with van der Waals surface area (Å²) in [6.07, 6.45) is 2.89. The molecule has 1 N–H and O–H groups in total. The normalized spacial score (nSPS) is 11.3. The van der Waals surface area contributed by atoms with Crippen molar-refractivity contribution in [3.8, 4) is 0 Å². The van der Waals surface area contributed by atoms with Crippen molar-refractivity contribution in [1.29, 1.82) is 0 Å². The molecule has 3 aromatic carbocycles. The summed E-state index contributed by atoms with van der Waals surface area (Å²) < 4.78 is 0. The first-order chi connectivity index (χ1) is 16.0. The second kappa shape index (κ2) is 10.8. The number of nitrogens with zero attached hydrogens (tertiary/aromatic N) is 2. The van der Waals surface area contributed by atoms with Crippen molar-refractivity contribution in [2.45, 2.75) is 40.3 Å². The number of pyridine rings is 1. The Hall–Kier alpha value is -2.88. The summed E-state index contributed by atoms with van der Waals surface area (Å²) in [6, 6.07) is 23.3. The first-order valence-electron chi connectivity index (χ1n) is 11.6. The van der Waals surface area contributed by atoms with E-state index < -0.39 is 0 Å². The predicted octanol–water partition coefficient (Wildman–Crippen LogP) is 7.32. The minimum atomic E-state index is 0.713. The Kier molecular flexibility index (Phi) is 7.64. The van der Waals surface area contributed by atoms with E-state index in [0.717, 1.165) is 49.2 Å². The van der Waals surface area contributed by atoms with Gasteiger partial charge in [-0.25, -0.2) is 0 Å². The van der Waals surface area contributed by atoms with Crippen LogP contribution in [0.15, 0.2) is 72.9 Å². The number of halogens is 1. The lowest BCUT2D eigenvalue weighted by molar-refractivity contribution is 0.255. The molecule has 4 heteroatoms. The molecule has 0 unspecified atom stereocenters. The van der Waals surface area contributed by atoms with E-state index in [1.807, 2.05) is 30.5 Å². The van der Waals surface area contributed by atoms with E-state index in [1.54, 1.807) is 0 Å². The molecule has 0 saturated carbocycles.